The van der Waals surface area contributed by atoms with E-state index in [9.17, 15) is 0 Å². The lowest BCUT2D eigenvalue weighted by molar-refractivity contribution is -0.00158. The fourth-order valence-corrected chi connectivity index (χ4v) is 2.34. The minimum atomic E-state index is -0.111. The standard InChI is InChI=1S/C14H22O2/c1-11(2)13-5-3-4-12(10-13)6-7-14-15-8-9-16-14/h6-7,10-11,13-14H,3-5,8-9H2,1-2H3. The van der Waals surface area contributed by atoms with Crippen LogP contribution in [-0.4, -0.2) is 19.5 Å². The third-order valence-corrected chi connectivity index (χ3v) is 3.40. The van der Waals surface area contributed by atoms with Gasteiger partial charge >= 0.3 is 0 Å². The van der Waals surface area contributed by atoms with E-state index in [4.69, 9.17) is 9.47 Å². The van der Waals surface area contributed by atoms with Gasteiger partial charge in [0, 0.05) is 0 Å². The summed E-state index contributed by atoms with van der Waals surface area (Å²) >= 11 is 0. The van der Waals surface area contributed by atoms with Crippen LogP contribution in [0.15, 0.2) is 23.8 Å². The second kappa shape index (κ2) is 5.65. The monoisotopic (exact) mass is 222 g/mol. The van der Waals surface area contributed by atoms with Crippen LogP contribution in [0.25, 0.3) is 0 Å². The molecule has 0 aromatic heterocycles. The molecule has 1 heterocycles. The molecular weight excluding hydrogens is 200 g/mol. The van der Waals surface area contributed by atoms with Gasteiger partial charge in [-0.3, -0.25) is 0 Å². The SMILES string of the molecule is CC(C)C1C=C(C=CC2OCCO2)CCC1. The molecule has 2 rings (SSSR count). The van der Waals surface area contributed by atoms with E-state index in [-0.39, 0.29) is 6.29 Å². The maximum absolute atomic E-state index is 5.38. The highest BCUT2D eigenvalue weighted by Crippen LogP contribution is 2.28. The molecule has 2 aliphatic rings. The molecule has 0 aromatic rings. The van der Waals surface area contributed by atoms with Crippen LogP contribution in [0.1, 0.15) is 33.1 Å². The predicted molar refractivity (Wildman–Crippen MR) is 65.1 cm³/mol. The molecule has 0 spiro atoms. The Hall–Kier alpha value is -0.600. The van der Waals surface area contributed by atoms with Crippen LogP contribution in [0.4, 0.5) is 0 Å². The van der Waals surface area contributed by atoms with E-state index in [1.807, 2.05) is 6.08 Å². The first kappa shape index (κ1) is 11.9. The van der Waals surface area contributed by atoms with Gasteiger partial charge in [-0.15, -0.1) is 0 Å². The highest BCUT2D eigenvalue weighted by molar-refractivity contribution is 5.22. The van der Waals surface area contributed by atoms with E-state index in [2.05, 4.69) is 26.0 Å². The molecule has 1 atom stereocenters. The van der Waals surface area contributed by atoms with Crippen LogP contribution in [-0.2, 0) is 9.47 Å². The van der Waals surface area contributed by atoms with Crippen molar-refractivity contribution in [2.75, 3.05) is 13.2 Å². The van der Waals surface area contributed by atoms with Gasteiger partial charge in [0.2, 0.25) is 0 Å². The van der Waals surface area contributed by atoms with Crippen LogP contribution in [0.5, 0.6) is 0 Å². The number of allylic oxidation sites excluding steroid dienone is 3. The molecule has 0 saturated carbocycles. The summed E-state index contributed by atoms with van der Waals surface area (Å²) in [5.41, 5.74) is 1.45. The minimum Gasteiger partial charge on any atom is -0.347 e. The Morgan fingerprint density at radius 1 is 1.31 bits per heavy atom. The van der Waals surface area contributed by atoms with Crippen molar-refractivity contribution >= 4 is 0 Å². The average Bonchev–Trinajstić information content (AvgIpc) is 2.79. The molecule has 1 saturated heterocycles. The molecule has 1 fully saturated rings. The first-order valence-electron chi connectivity index (χ1n) is 6.38. The van der Waals surface area contributed by atoms with Crippen LogP contribution < -0.4 is 0 Å². The minimum absolute atomic E-state index is 0.111. The van der Waals surface area contributed by atoms with Gasteiger partial charge in [0.1, 0.15) is 0 Å². The molecular formula is C14H22O2. The zero-order valence-corrected chi connectivity index (χ0v) is 10.3. The van der Waals surface area contributed by atoms with Gasteiger partial charge in [-0.25, -0.2) is 0 Å². The van der Waals surface area contributed by atoms with Crippen molar-refractivity contribution in [2.24, 2.45) is 11.8 Å². The van der Waals surface area contributed by atoms with Crippen molar-refractivity contribution in [3.8, 4) is 0 Å². The van der Waals surface area contributed by atoms with Crippen molar-refractivity contribution < 1.29 is 9.47 Å². The average molecular weight is 222 g/mol. The third kappa shape index (κ3) is 3.19. The maximum atomic E-state index is 5.38. The lowest BCUT2D eigenvalue weighted by Gasteiger charge is -2.22. The van der Waals surface area contributed by atoms with E-state index in [1.165, 1.54) is 24.8 Å². The van der Waals surface area contributed by atoms with E-state index >= 15 is 0 Å². The van der Waals surface area contributed by atoms with Gasteiger partial charge in [-0.05, 0) is 37.2 Å². The number of ether oxygens (including phenoxy) is 2. The zero-order valence-electron chi connectivity index (χ0n) is 10.3. The summed E-state index contributed by atoms with van der Waals surface area (Å²) in [6.07, 6.45) is 10.4. The Kier molecular flexibility index (Phi) is 4.19. The molecule has 16 heavy (non-hydrogen) atoms. The molecule has 0 radical (unpaired) electrons. The van der Waals surface area contributed by atoms with Crippen LogP contribution in [0.2, 0.25) is 0 Å². The van der Waals surface area contributed by atoms with Crippen molar-refractivity contribution in [3.05, 3.63) is 23.8 Å². The second-order valence-electron chi connectivity index (χ2n) is 5.01. The summed E-state index contributed by atoms with van der Waals surface area (Å²) in [4.78, 5) is 0. The number of hydrogen-bond donors (Lipinski definition) is 0. The molecule has 90 valence electrons. The zero-order chi connectivity index (χ0) is 11.4. The lowest BCUT2D eigenvalue weighted by atomic mass is 9.83. The van der Waals surface area contributed by atoms with Crippen LogP contribution >= 0.6 is 0 Å². The largest absolute Gasteiger partial charge is 0.347 e. The molecule has 2 nitrogen and oxygen atoms in total. The van der Waals surface area contributed by atoms with E-state index < -0.39 is 0 Å². The van der Waals surface area contributed by atoms with Crippen LogP contribution in [0.3, 0.4) is 0 Å². The Morgan fingerprint density at radius 3 is 2.75 bits per heavy atom. The molecule has 0 bridgehead atoms. The van der Waals surface area contributed by atoms with Crippen molar-refractivity contribution in [2.45, 2.75) is 39.4 Å². The van der Waals surface area contributed by atoms with Gasteiger partial charge in [0.05, 0.1) is 13.2 Å². The Morgan fingerprint density at radius 2 is 2.06 bits per heavy atom. The Bertz CT molecular complexity index is 272. The van der Waals surface area contributed by atoms with Gasteiger partial charge in [0.15, 0.2) is 6.29 Å². The summed E-state index contributed by atoms with van der Waals surface area (Å²) in [7, 11) is 0. The molecule has 0 aromatic carbocycles. The van der Waals surface area contributed by atoms with Gasteiger partial charge in [-0.1, -0.05) is 31.6 Å². The molecule has 0 N–H and O–H groups in total. The summed E-state index contributed by atoms with van der Waals surface area (Å²) in [6.45, 7) is 6.05. The summed E-state index contributed by atoms with van der Waals surface area (Å²) in [6, 6.07) is 0. The second-order valence-corrected chi connectivity index (χ2v) is 5.01. The maximum Gasteiger partial charge on any atom is 0.177 e. The smallest absolute Gasteiger partial charge is 0.177 e. The first-order valence-corrected chi connectivity index (χ1v) is 6.38. The molecule has 1 unspecified atom stereocenters. The van der Waals surface area contributed by atoms with E-state index in [1.54, 1.807) is 0 Å². The predicted octanol–water partition coefficient (Wildman–Crippen LogP) is 3.30. The number of rotatable bonds is 3. The highest BCUT2D eigenvalue weighted by Gasteiger charge is 2.16. The van der Waals surface area contributed by atoms with Crippen molar-refractivity contribution in [1.82, 2.24) is 0 Å². The lowest BCUT2D eigenvalue weighted by Crippen LogP contribution is -2.10. The Labute approximate surface area is 98.3 Å². The van der Waals surface area contributed by atoms with E-state index in [0.717, 1.165) is 25.0 Å². The number of hydrogen-bond acceptors (Lipinski definition) is 2. The molecule has 2 heteroatoms. The van der Waals surface area contributed by atoms with Crippen molar-refractivity contribution in [3.63, 3.8) is 0 Å². The normalized spacial score (nSPS) is 27.9. The van der Waals surface area contributed by atoms with Crippen LogP contribution in [0, 0.1) is 11.8 Å². The van der Waals surface area contributed by atoms with Gasteiger partial charge in [0.25, 0.3) is 0 Å². The van der Waals surface area contributed by atoms with Crippen molar-refractivity contribution in [1.29, 1.82) is 0 Å². The fraction of sp³-hybridized carbons (Fsp3) is 0.714. The van der Waals surface area contributed by atoms with Gasteiger partial charge < -0.3 is 9.47 Å². The first-order chi connectivity index (χ1) is 7.75. The summed E-state index contributed by atoms with van der Waals surface area (Å²) < 4.78 is 10.8. The summed E-state index contributed by atoms with van der Waals surface area (Å²) in [5.74, 6) is 1.50. The molecule has 1 aliphatic heterocycles. The summed E-state index contributed by atoms with van der Waals surface area (Å²) in [5, 5.41) is 0. The molecule has 0 amide bonds. The van der Waals surface area contributed by atoms with Gasteiger partial charge in [-0.2, -0.15) is 0 Å². The topological polar surface area (TPSA) is 18.5 Å². The third-order valence-electron chi connectivity index (χ3n) is 3.40. The van der Waals surface area contributed by atoms with E-state index in [0.29, 0.717) is 0 Å². The molecule has 1 aliphatic carbocycles. The fourth-order valence-electron chi connectivity index (χ4n) is 2.34. The quantitative estimate of drug-likeness (QED) is 0.729. The highest BCUT2D eigenvalue weighted by atomic mass is 16.7. The Balaban J connectivity index is 1.92.